The van der Waals surface area contributed by atoms with Crippen LogP contribution in [0, 0.1) is 5.92 Å². The summed E-state index contributed by atoms with van der Waals surface area (Å²) >= 11 is 0. The number of allylic oxidation sites excluding steroid dienone is 1. The first-order chi connectivity index (χ1) is 7.45. The quantitative estimate of drug-likeness (QED) is 0.691. The summed E-state index contributed by atoms with van der Waals surface area (Å²) < 4.78 is 5.59. The summed E-state index contributed by atoms with van der Waals surface area (Å²) in [5.74, 6) is 0.927. The molecule has 0 radical (unpaired) electrons. The van der Waals surface area contributed by atoms with Gasteiger partial charge in [0, 0.05) is 13.5 Å². The molecule has 0 unspecified atom stereocenters. The fourth-order valence-electron chi connectivity index (χ4n) is 3.28. The maximum atomic E-state index is 12.2. The van der Waals surface area contributed by atoms with Gasteiger partial charge in [-0.1, -0.05) is 19.6 Å². The summed E-state index contributed by atoms with van der Waals surface area (Å²) in [6, 6.07) is 0. The van der Waals surface area contributed by atoms with Gasteiger partial charge in [-0.2, -0.15) is 0 Å². The molecule has 0 heterocycles. The first-order valence-electron chi connectivity index (χ1n) is 6.25. The van der Waals surface area contributed by atoms with E-state index in [0.29, 0.717) is 11.7 Å². The highest BCUT2D eigenvalue weighted by Gasteiger charge is 2.42. The molecule has 0 saturated heterocycles. The summed E-state index contributed by atoms with van der Waals surface area (Å²) in [5.41, 5.74) is 1.39. The lowest BCUT2D eigenvalue weighted by Crippen LogP contribution is -2.32. The smallest absolute Gasteiger partial charge is 0.155 e. The molecule has 2 atom stereocenters. The zero-order valence-corrected chi connectivity index (χ0v) is 11.8. The molecule has 1 saturated carbocycles. The fraction of sp³-hybridized carbons (Fsp3) is 0.769. The first kappa shape index (κ1) is 12.1. The Morgan fingerprint density at radius 2 is 1.94 bits per heavy atom. The standard InChI is InChI=1S/C13H22O2Si/c1-15-11-7-5-6-9-8-10(14)13(12(9)11)16(2,3)4/h9,11H,5-8H2,1-4H3/t9-,11+/m1/s1. The molecular weight excluding hydrogens is 216 g/mol. The van der Waals surface area contributed by atoms with Crippen LogP contribution in [0.1, 0.15) is 25.7 Å². The first-order valence-corrected chi connectivity index (χ1v) is 9.75. The SMILES string of the molecule is CO[C@H]1CCC[C@@H]2CC(=O)C([Si](C)(C)C)=C21. The van der Waals surface area contributed by atoms with E-state index in [1.165, 1.54) is 23.6 Å². The molecule has 1 fully saturated rings. The third-order valence-electron chi connectivity index (χ3n) is 3.84. The Balaban J connectivity index is 2.45. The van der Waals surface area contributed by atoms with Gasteiger partial charge in [0.2, 0.25) is 0 Å². The van der Waals surface area contributed by atoms with E-state index in [1.807, 2.05) is 0 Å². The maximum Gasteiger partial charge on any atom is 0.155 e. The largest absolute Gasteiger partial charge is 0.377 e. The fourth-order valence-corrected chi connectivity index (χ4v) is 5.45. The highest BCUT2D eigenvalue weighted by atomic mass is 28.3. The van der Waals surface area contributed by atoms with E-state index in [0.717, 1.165) is 12.8 Å². The second-order valence-corrected chi connectivity index (χ2v) is 11.1. The Kier molecular flexibility index (Phi) is 3.10. The van der Waals surface area contributed by atoms with Crippen LogP contribution in [0.2, 0.25) is 19.6 Å². The molecule has 0 aromatic carbocycles. The third kappa shape index (κ3) is 1.91. The molecule has 2 aliphatic carbocycles. The predicted molar refractivity (Wildman–Crippen MR) is 68.1 cm³/mol. The van der Waals surface area contributed by atoms with Crippen LogP contribution in [0.3, 0.4) is 0 Å². The molecular formula is C13H22O2Si. The number of methoxy groups -OCH3 is 1. The lowest BCUT2D eigenvalue weighted by atomic mass is 9.84. The van der Waals surface area contributed by atoms with Crippen molar-refractivity contribution in [1.82, 2.24) is 0 Å². The molecule has 2 rings (SSSR count). The van der Waals surface area contributed by atoms with E-state index >= 15 is 0 Å². The summed E-state index contributed by atoms with van der Waals surface area (Å²) in [4.78, 5) is 12.2. The van der Waals surface area contributed by atoms with Crippen molar-refractivity contribution in [3.63, 3.8) is 0 Å². The van der Waals surface area contributed by atoms with Gasteiger partial charge in [-0.15, -0.1) is 0 Å². The Morgan fingerprint density at radius 3 is 2.50 bits per heavy atom. The van der Waals surface area contributed by atoms with Crippen LogP contribution < -0.4 is 0 Å². The lowest BCUT2D eigenvalue weighted by Gasteiger charge is -2.31. The molecule has 0 aliphatic heterocycles. The summed E-state index contributed by atoms with van der Waals surface area (Å²) in [5, 5.41) is 1.20. The summed E-state index contributed by atoms with van der Waals surface area (Å²) in [6.07, 6.45) is 4.48. The summed E-state index contributed by atoms with van der Waals surface area (Å²) in [7, 11) is 0.279. The van der Waals surface area contributed by atoms with E-state index in [-0.39, 0.29) is 6.10 Å². The Labute approximate surface area is 99.1 Å². The molecule has 0 N–H and O–H groups in total. The van der Waals surface area contributed by atoms with Crippen molar-refractivity contribution in [3.8, 4) is 0 Å². The Hall–Kier alpha value is -0.413. The number of carbonyl (C=O) groups is 1. The van der Waals surface area contributed by atoms with Gasteiger partial charge in [0.15, 0.2) is 5.78 Å². The number of fused-ring (bicyclic) bond motifs is 1. The molecule has 90 valence electrons. The second-order valence-electron chi connectivity index (χ2n) is 6.06. The van der Waals surface area contributed by atoms with Crippen molar-refractivity contribution in [2.24, 2.45) is 5.92 Å². The number of hydrogen-bond acceptors (Lipinski definition) is 2. The molecule has 0 aromatic rings. The number of ketones is 1. The highest BCUT2D eigenvalue weighted by Crippen LogP contribution is 2.43. The van der Waals surface area contributed by atoms with Crippen LogP contribution in [-0.4, -0.2) is 27.1 Å². The van der Waals surface area contributed by atoms with Crippen LogP contribution in [0.4, 0.5) is 0 Å². The average Bonchev–Trinajstić information content (AvgIpc) is 2.52. The van der Waals surface area contributed by atoms with Crippen molar-refractivity contribution in [1.29, 1.82) is 0 Å². The minimum Gasteiger partial charge on any atom is -0.377 e. The van der Waals surface area contributed by atoms with E-state index < -0.39 is 8.07 Å². The molecule has 2 nitrogen and oxygen atoms in total. The second kappa shape index (κ2) is 4.11. The van der Waals surface area contributed by atoms with Gasteiger partial charge in [-0.25, -0.2) is 0 Å². The van der Waals surface area contributed by atoms with Gasteiger partial charge in [-0.05, 0) is 35.9 Å². The third-order valence-corrected chi connectivity index (χ3v) is 5.91. The van der Waals surface area contributed by atoms with Gasteiger partial charge >= 0.3 is 0 Å². The topological polar surface area (TPSA) is 26.3 Å². The molecule has 2 aliphatic rings. The lowest BCUT2D eigenvalue weighted by molar-refractivity contribution is -0.114. The zero-order valence-electron chi connectivity index (χ0n) is 10.8. The van der Waals surface area contributed by atoms with Crippen molar-refractivity contribution >= 4 is 13.9 Å². The van der Waals surface area contributed by atoms with Crippen molar-refractivity contribution in [2.75, 3.05) is 7.11 Å². The zero-order chi connectivity index (χ0) is 11.9. The number of Topliss-reactive ketones (excluding diaryl/α,β-unsaturated/α-hetero) is 1. The van der Waals surface area contributed by atoms with E-state index in [9.17, 15) is 4.79 Å². The minimum absolute atomic E-state index is 0.229. The Bertz CT molecular complexity index is 338. The van der Waals surface area contributed by atoms with Crippen LogP contribution in [-0.2, 0) is 9.53 Å². The molecule has 0 bridgehead atoms. The van der Waals surface area contributed by atoms with Gasteiger partial charge in [0.25, 0.3) is 0 Å². The van der Waals surface area contributed by atoms with Gasteiger partial charge < -0.3 is 4.74 Å². The van der Waals surface area contributed by atoms with E-state index in [2.05, 4.69) is 19.6 Å². The maximum absolute atomic E-state index is 12.2. The van der Waals surface area contributed by atoms with Crippen molar-refractivity contribution in [2.45, 2.75) is 51.4 Å². The van der Waals surface area contributed by atoms with Crippen molar-refractivity contribution in [3.05, 3.63) is 10.8 Å². The number of ether oxygens (including phenoxy) is 1. The molecule has 3 heteroatoms. The number of rotatable bonds is 2. The molecule has 0 amide bonds. The van der Waals surface area contributed by atoms with Gasteiger partial charge in [0.1, 0.15) is 0 Å². The molecule has 16 heavy (non-hydrogen) atoms. The number of hydrogen-bond donors (Lipinski definition) is 0. The van der Waals surface area contributed by atoms with Crippen LogP contribution in [0.5, 0.6) is 0 Å². The predicted octanol–water partition coefficient (Wildman–Crippen LogP) is 2.95. The van der Waals surface area contributed by atoms with Crippen molar-refractivity contribution < 1.29 is 9.53 Å². The summed E-state index contributed by atoms with van der Waals surface area (Å²) in [6.45, 7) is 6.82. The Morgan fingerprint density at radius 1 is 1.25 bits per heavy atom. The van der Waals surface area contributed by atoms with Crippen LogP contribution in [0.25, 0.3) is 0 Å². The normalized spacial score (nSPS) is 30.9. The molecule has 0 aromatic heterocycles. The highest BCUT2D eigenvalue weighted by molar-refractivity contribution is 6.87. The van der Waals surface area contributed by atoms with Crippen LogP contribution >= 0.6 is 0 Å². The van der Waals surface area contributed by atoms with E-state index in [1.54, 1.807) is 7.11 Å². The number of carbonyl (C=O) groups excluding carboxylic acids is 1. The molecule has 0 spiro atoms. The van der Waals surface area contributed by atoms with E-state index in [4.69, 9.17) is 4.74 Å². The van der Waals surface area contributed by atoms with Gasteiger partial charge in [0.05, 0.1) is 14.2 Å². The van der Waals surface area contributed by atoms with Crippen LogP contribution in [0.15, 0.2) is 10.8 Å². The minimum atomic E-state index is -1.50. The average molecular weight is 238 g/mol. The van der Waals surface area contributed by atoms with Gasteiger partial charge in [-0.3, -0.25) is 4.79 Å². The monoisotopic (exact) mass is 238 g/mol.